The van der Waals surface area contributed by atoms with Crippen LogP contribution < -0.4 is 5.32 Å². The number of aliphatic carboxylic acids is 1. The summed E-state index contributed by atoms with van der Waals surface area (Å²) in [4.78, 5) is 11.4. The lowest BCUT2D eigenvalue weighted by atomic mass is 9.96. The van der Waals surface area contributed by atoms with E-state index in [1.54, 1.807) is 14.0 Å². The molecular weight excluding hydrogens is 250 g/mol. The van der Waals surface area contributed by atoms with Gasteiger partial charge in [-0.25, -0.2) is 0 Å². The Morgan fingerprint density at radius 3 is 2.78 bits per heavy atom. The maximum absolute atomic E-state index is 11.4. The molecule has 0 amide bonds. The Labute approximate surface area is 114 Å². The van der Waals surface area contributed by atoms with Gasteiger partial charge in [0.05, 0.1) is 0 Å². The van der Waals surface area contributed by atoms with Crippen molar-refractivity contribution in [2.75, 3.05) is 19.5 Å². The fourth-order valence-electron chi connectivity index (χ4n) is 2.01. The van der Waals surface area contributed by atoms with E-state index in [9.17, 15) is 9.90 Å². The van der Waals surface area contributed by atoms with Crippen molar-refractivity contribution in [2.24, 2.45) is 0 Å². The van der Waals surface area contributed by atoms with Gasteiger partial charge in [-0.2, -0.15) is 11.8 Å². The van der Waals surface area contributed by atoms with Gasteiger partial charge in [-0.05, 0) is 38.4 Å². The summed E-state index contributed by atoms with van der Waals surface area (Å²) >= 11 is 1.82. The molecule has 5 heteroatoms. The third-order valence-electron chi connectivity index (χ3n) is 3.16. The van der Waals surface area contributed by atoms with Crippen molar-refractivity contribution in [3.8, 4) is 0 Å². The Hall–Kier alpha value is -0.260. The van der Waals surface area contributed by atoms with Gasteiger partial charge in [-0.3, -0.25) is 10.1 Å². The molecule has 1 saturated carbocycles. The molecule has 0 heterocycles. The number of carboxylic acids is 1. The first-order chi connectivity index (χ1) is 8.48. The number of carbonyl (C=O) groups is 1. The van der Waals surface area contributed by atoms with Gasteiger partial charge in [0, 0.05) is 25.0 Å². The maximum Gasteiger partial charge on any atom is 0.323 e. The number of hydrogen-bond donors (Lipinski definition) is 2. The van der Waals surface area contributed by atoms with Crippen molar-refractivity contribution in [3.63, 3.8) is 0 Å². The largest absolute Gasteiger partial charge is 0.480 e. The average Bonchev–Trinajstić information content (AvgIpc) is 3.07. The number of methoxy groups -OCH3 is 1. The standard InChI is InChI=1S/C13H25NO3S/c1-10(18-8-4-7-17-3)9-13(2,12(15)16)14-11-5-6-11/h10-11,14H,4-9H2,1-3H3,(H,15,16). The fraction of sp³-hybridized carbons (Fsp3) is 0.923. The van der Waals surface area contributed by atoms with E-state index in [2.05, 4.69) is 12.2 Å². The number of thioether (sulfide) groups is 1. The molecule has 0 radical (unpaired) electrons. The Balaban J connectivity index is 2.32. The molecule has 0 spiro atoms. The molecule has 106 valence electrons. The van der Waals surface area contributed by atoms with Gasteiger partial charge in [0.15, 0.2) is 0 Å². The van der Waals surface area contributed by atoms with E-state index >= 15 is 0 Å². The molecule has 0 aromatic rings. The first kappa shape index (κ1) is 15.8. The molecule has 0 bridgehead atoms. The summed E-state index contributed by atoms with van der Waals surface area (Å²) in [6.45, 7) is 4.68. The van der Waals surface area contributed by atoms with Crippen LogP contribution in [0.4, 0.5) is 0 Å². The molecule has 1 fully saturated rings. The Morgan fingerprint density at radius 1 is 1.61 bits per heavy atom. The lowest BCUT2D eigenvalue weighted by Gasteiger charge is -2.29. The zero-order valence-corrected chi connectivity index (χ0v) is 12.4. The molecule has 2 atom stereocenters. The van der Waals surface area contributed by atoms with Crippen LogP contribution in [0.1, 0.15) is 39.5 Å². The van der Waals surface area contributed by atoms with Crippen LogP contribution in [0.5, 0.6) is 0 Å². The summed E-state index contributed by atoms with van der Waals surface area (Å²) < 4.78 is 5.00. The number of carboxylic acid groups (broad SMARTS) is 1. The van der Waals surface area contributed by atoms with Gasteiger partial charge in [0.2, 0.25) is 0 Å². The molecular formula is C13H25NO3S. The minimum atomic E-state index is -0.783. The molecule has 0 aromatic heterocycles. The van der Waals surface area contributed by atoms with E-state index in [4.69, 9.17) is 4.74 Å². The molecule has 1 aliphatic rings. The summed E-state index contributed by atoms with van der Waals surface area (Å²) in [7, 11) is 1.70. The van der Waals surface area contributed by atoms with Crippen LogP contribution in [0.25, 0.3) is 0 Å². The second kappa shape index (κ2) is 7.36. The van der Waals surface area contributed by atoms with Gasteiger partial charge >= 0.3 is 5.97 Å². The Bertz CT molecular complexity index is 271. The molecule has 1 aliphatic carbocycles. The van der Waals surface area contributed by atoms with Crippen LogP contribution in [0.15, 0.2) is 0 Å². The third-order valence-corrected chi connectivity index (χ3v) is 4.42. The van der Waals surface area contributed by atoms with Crippen molar-refractivity contribution in [1.82, 2.24) is 5.32 Å². The first-order valence-corrected chi connectivity index (χ1v) is 7.64. The van der Waals surface area contributed by atoms with Crippen molar-refractivity contribution >= 4 is 17.7 Å². The highest BCUT2D eigenvalue weighted by molar-refractivity contribution is 7.99. The summed E-state index contributed by atoms with van der Waals surface area (Å²) in [6, 6.07) is 0.414. The zero-order valence-electron chi connectivity index (χ0n) is 11.6. The van der Waals surface area contributed by atoms with Crippen LogP contribution in [0.2, 0.25) is 0 Å². The monoisotopic (exact) mass is 275 g/mol. The summed E-state index contributed by atoms with van der Waals surface area (Å²) in [5, 5.41) is 13.0. The normalized spacial score (nSPS) is 20.4. The molecule has 4 nitrogen and oxygen atoms in total. The summed E-state index contributed by atoms with van der Waals surface area (Å²) in [6.07, 6.45) is 3.90. The molecule has 2 N–H and O–H groups in total. The molecule has 0 aliphatic heterocycles. The van der Waals surface area contributed by atoms with E-state index < -0.39 is 11.5 Å². The van der Waals surface area contributed by atoms with E-state index in [-0.39, 0.29) is 0 Å². The van der Waals surface area contributed by atoms with Crippen LogP contribution in [-0.4, -0.2) is 47.4 Å². The molecule has 2 unspecified atom stereocenters. The molecule has 0 aromatic carbocycles. The van der Waals surface area contributed by atoms with Crippen LogP contribution in [-0.2, 0) is 9.53 Å². The van der Waals surface area contributed by atoms with Gasteiger partial charge in [-0.1, -0.05) is 6.92 Å². The molecule has 0 saturated heterocycles. The summed E-state index contributed by atoms with van der Waals surface area (Å²) in [5.74, 6) is 0.285. The lowest BCUT2D eigenvalue weighted by molar-refractivity contribution is -0.144. The highest BCUT2D eigenvalue weighted by Gasteiger charge is 2.39. The van der Waals surface area contributed by atoms with Crippen LogP contribution in [0, 0.1) is 0 Å². The number of ether oxygens (including phenoxy) is 1. The van der Waals surface area contributed by atoms with Gasteiger partial charge < -0.3 is 9.84 Å². The van der Waals surface area contributed by atoms with E-state index in [0.29, 0.717) is 17.7 Å². The van der Waals surface area contributed by atoms with Crippen LogP contribution in [0.3, 0.4) is 0 Å². The van der Waals surface area contributed by atoms with E-state index in [1.807, 2.05) is 11.8 Å². The van der Waals surface area contributed by atoms with E-state index in [0.717, 1.165) is 31.6 Å². The minimum absolute atomic E-state index is 0.342. The smallest absolute Gasteiger partial charge is 0.323 e. The quantitative estimate of drug-likeness (QED) is 0.598. The van der Waals surface area contributed by atoms with Gasteiger partial charge in [-0.15, -0.1) is 0 Å². The topological polar surface area (TPSA) is 58.6 Å². The third kappa shape index (κ3) is 5.59. The SMILES string of the molecule is COCCCSC(C)CC(C)(NC1CC1)C(=O)O. The number of rotatable bonds is 10. The minimum Gasteiger partial charge on any atom is -0.480 e. The Kier molecular flexibility index (Phi) is 6.46. The highest BCUT2D eigenvalue weighted by atomic mass is 32.2. The van der Waals surface area contributed by atoms with Crippen LogP contribution >= 0.6 is 11.8 Å². The summed E-state index contributed by atoms with van der Waals surface area (Å²) in [5.41, 5.74) is -0.783. The van der Waals surface area contributed by atoms with Gasteiger partial charge in [0.1, 0.15) is 5.54 Å². The van der Waals surface area contributed by atoms with Crippen molar-refractivity contribution < 1.29 is 14.6 Å². The Morgan fingerprint density at radius 2 is 2.28 bits per heavy atom. The van der Waals surface area contributed by atoms with Crippen molar-refractivity contribution in [1.29, 1.82) is 0 Å². The lowest BCUT2D eigenvalue weighted by Crippen LogP contribution is -2.52. The fourth-order valence-corrected chi connectivity index (χ4v) is 3.15. The zero-order chi connectivity index (χ0) is 13.6. The van der Waals surface area contributed by atoms with Crippen molar-refractivity contribution in [2.45, 2.75) is 56.4 Å². The van der Waals surface area contributed by atoms with E-state index in [1.165, 1.54) is 0 Å². The molecule has 1 rings (SSSR count). The predicted molar refractivity (Wildman–Crippen MR) is 75.2 cm³/mol. The first-order valence-electron chi connectivity index (χ1n) is 6.59. The highest BCUT2D eigenvalue weighted by Crippen LogP contribution is 2.28. The predicted octanol–water partition coefficient (Wildman–Crippen LogP) is 2.13. The van der Waals surface area contributed by atoms with Crippen molar-refractivity contribution in [3.05, 3.63) is 0 Å². The second-order valence-corrected chi connectivity index (χ2v) is 6.83. The number of nitrogens with one attached hydrogen (secondary N) is 1. The van der Waals surface area contributed by atoms with Gasteiger partial charge in [0.25, 0.3) is 0 Å². The number of hydrogen-bond acceptors (Lipinski definition) is 4. The maximum atomic E-state index is 11.4. The average molecular weight is 275 g/mol. The molecule has 18 heavy (non-hydrogen) atoms. The second-order valence-electron chi connectivity index (χ2n) is 5.29.